The summed E-state index contributed by atoms with van der Waals surface area (Å²) in [7, 11) is 0. The summed E-state index contributed by atoms with van der Waals surface area (Å²) in [5.41, 5.74) is 3.50. The standard InChI is InChI=1S/C25H20N4O2/c1-2-17-11-9-10-16-20(17)28-24(30)23-22(26-25(28)31)21(18-12-5-3-6-13-18)27-29(23)19-14-7-4-8-15-19/h3-16H,2H2,1H3,(H,26,31). The van der Waals surface area contributed by atoms with Crippen molar-refractivity contribution < 1.29 is 0 Å². The number of aromatic nitrogens is 4. The first-order chi connectivity index (χ1) is 15.2. The van der Waals surface area contributed by atoms with Gasteiger partial charge in [0.2, 0.25) is 0 Å². The fourth-order valence-corrected chi connectivity index (χ4v) is 3.90. The molecule has 0 spiro atoms. The van der Waals surface area contributed by atoms with Crippen LogP contribution in [0.15, 0.2) is 94.5 Å². The van der Waals surface area contributed by atoms with Crippen LogP contribution in [0.3, 0.4) is 0 Å². The number of benzene rings is 3. The Hall–Kier alpha value is -4.19. The van der Waals surface area contributed by atoms with Crippen molar-refractivity contribution in [2.75, 3.05) is 0 Å². The zero-order valence-corrected chi connectivity index (χ0v) is 16.9. The van der Waals surface area contributed by atoms with E-state index in [1.807, 2.05) is 85.8 Å². The molecule has 0 fully saturated rings. The van der Waals surface area contributed by atoms with E-state index in [9.17, 15) is 9.59 Å². The lowest BCUT2D eigenvalue weighted by atomic mass is 10.1. The molecule has 0 aliphatic rings. The van der Waals surface area contributed by atoms with Crippen LogP contribution in [0.2, 0.25) is 0 Å². The van der Waals surface area contributed by atoms with E-state index in [2.05, 4.69) is 4.98 Å². The first kappa shape index (κ1) is 18.8. The summed E-state index contributed by atoms with van der Waals surface area (Å²) >= 11 is 0. The fraction of sp³-hybridized carbons (Fsp3) is 0.0800. The number of nitrogens with one attached hydrogen (secondary N) is 1. The predicted molar refractivity (Wildman–Crippen MR) is 122 cm³/mol. The summed E-state index contributed by atoms with van der Waals surface area (Å²) in [5.74, 6) is 0. The molecule has 6 heteroatoms. The van der Waals surface area contributed by atoms with Crippen LogP contribution in [0.4, 0.5) is 0 Å². The van der Waals surface area contributed by atoms with Crippen LogP contribution >= 0.6 is 0 Å². The zero-order chi connectivity index (χ0) is 21.4. The summed E-state index contributed by atoms with van der Waals surface area (Å²) in [6, 6.07) is 26.5. The van der Waals surface area contributed by atoms with Crippen LogP contribution in [-0.2, 0) is 6.42 Å². The Balaban J connectivity index is 1.91. The maximum atomic E-state index is 13.7. The van der Waals surface area contributed by atoms with Crippen LogP contribution in [0.1, 0.15) is 12.5 Å². The second-order valence-corrected chi connectivity index (χ2v) is 7.24. The SMILES string of the molecule is CCc1ccccc1-n1c(=O)[nH]c2c(-c3ccccc3)nn(-c3ccccc3)c2c1=O. The van der Waals surface area contributed by atoms with E-state index >= 15 is 0 Å². The third kappa shape index (κ3) is 3.09. The van der Waals surface area contributed by atoms with Gasteiger partial charge in [-0.25, -0.2) is 14.0 Å². The Labute approximate surface area is 178 Å². The van der Waals surface area contributed by atoms with Gasteiger partial charge in [-0.2, -0.15) is 5.10 Å². The smallest absolute Gasteiger partial charge is 0.303 e. The van der Waals surface area contributed by atoms with Gasteiger partial charge >= 0.3 is 5.69 Å². The molecule has 152 valence electrons. The average molecular weight is 408 g/mol. The minimum absolute atomic E-state index is 0.329. The quantitative estimate of drug-likeness (QED) is 0.487. The molecule has 31 heavy (non-hydrogen) atoms. The molecule has 0 atom stereocenters. The van der Waals surface area contributed by atoms with Crippen molar-refractivity contribution in [2.45, 2.75) is 13.3 Å². The number of rotatable bonds is 4. The highest BCUT2D eigenvalue weighted by molar-refractivity contribution is 5.90. The lowest BCUT2D eigenvalue weighted by Gasteiger charge is -2.10. The van der Waals surface area contributed by atoms with Gasteiger partial charge < -0.3 is 4.98 Å². The van der Waals surface area contributed by atoms with E-state index in [-0.39, 0.29) is 0 Å². The highest BCUT2D eigenvalue weighted by atomic mass is 16.2. The summed E-state index contributed by atoms with van der Waals surface area (Å²) in [5, 5.41) is 4.74. The number of aromatic amines is 1. The summed E-state index contributed by atoms with van der Waals surface area (Å²) in [6.07, 6.45) is 0.702. The average Bonchev–Trinajstić information content (AvgIpc) is 3.20. The van der Waals surface area contributed by atoms with Crippen LogP contribution in [0, 0.1) is 0 Å². The second kappa shape index (κ2) is 7.57. The molecular formula is C25H20N4O2. The van der Waals surface area contributed by atoms with Crippen molar-refractivity contribution in [1.29, 1.82) is 0 Å². The van der Waals surface area contributed by atoms with Gasteiger partial charge in [0.25, 0.3) is 5.56 Å². The summed E-state index contributed by atoms with van der Waals surface area (Å²) < 4.78 is 2.82. The molecule has 2 aromatic heterocycles. The van der Waals surface area contributed by atoms with Crippen LogP contribution in [-0.4, -0.2) is 19.3 Å². The van der Waals surface area contributed by atoms with Gasteiger partial charge in [-0.1, -0.05) is 73.7 Å². The molecule has 0 bridgehead atoms. The molecule has 0 radical (unpaired) electrons. The largest absolute Gasteiger partial charge is 0.333 e. The monoisotopic (exact) mass is 408 g/mol. The van der Waals surface area contributed by atoms with E-state index in [1.165, 1.54) is 4.57 Å². The number of fused-ring (bicyclic) bond motifs is 1. The molecule has 6 nitrogen and oxygen atoms in total. The fourth-order valence-electron chi connectivity index (χ4n) is 3.90. The topological polar surface area (TPSA) is 72.7 Å². The number of aryl methyl sites for hydroxylation is 1. The number of para-hydroxylation sites is 2. The minimum Gasteiger partial charge on any atom is -0.303 e. The molecule has 0 aliphatic heterocycles. The van der Waals surface area contributed by atoms with E-state index in [0.29, 0.717) is 28.8 Å². The van der Waals surface area contributed by atoms with Crippen LogP contribution < -0.4 is 11.2 Å². The summed E-state index contributed by atoms with van der Waals surface area (Å²) in [6.45, 7) is 2.00. The predicted octanol–water partition coefficient (Wildman–Crippen LogP) is 4.09. The highest BCUT2D eigenvalue weighted by Crippen LogP contribution is 2.26. The van der Waals surface area contributed by atoms with Crippen molar-refractivity contribution in [3.8, 4) is 22.6 Å². The lowest BCUT2D eigenvalue weighted by Crippen LogP contribution is -2.35. The molecule has 5 aromatic rings. The molecule has 0 saturated carbocycles. The molecule has 0 unspecified atom stereocenters. The van der Waals surface area contributed by atoms with Crippen molar-refractivity contribution in [3.63, 3.8) is 0 Å². The Morgan fingerprint density at radius 3 is 2.19 bits per heavy atom. The van der Waals surface area contributed by atoms with Gasteiger partial charge in [0.15, 0.2) is 5.52 Å². The number of hydrogen-bond acceptors (Lipinski definition) is 3. The Morgan fingerprint density at radius 2 is 1.48 bits per heavy atom. The van der Waals surface area contributed by atoms with Gasteiger partial charge in [0.05, 0.1) is 11.4 Å². The summed E-state index contributed by atoms with van der Waals surface area (Å²) in [4.78, 5) is 29.8. The Morgan fingerprint density at radius 1 is 0.839 bits per heavy atom. The van der Waals surface area contributed by atoms with Crippen molar-refractivity contribution in [3.05, 3.63) is 111 Å². The zero-order valence-electron chi connectivity index (χ0n) is 16.9. The molecule has 0 amide bonds. The molecular weight excluding hydrogens is 388 g/mol. The van der Waals surface area contributed by atoms with Gasteiger partial charge in [0, 0.05) is 5.56 Å². The molecule has 3 aromatic carbocycles. The van der Waals surface area contributed by atoms with Crippen molar-refractivity contribution >= 4 is 11.0 Å². The van der Waals surface area contributed by atoms with Gasteiger partial charge in [-0.05, 0) is 30.2 Å². The van der Waals surface area contributed by atoms with Crippen molar-refractivity contribution in [2.24, 2.45) is 0 Å². The van der Waals surface area contributed by atoms with Gasteiger partial charge in [0.1, 0.15) is 11.2 Å². The maximum absolute atomic E-state index is 13.7. The number of H-pyrrole nitrogens is 1. The third-order valence-electron chi connectivity index (χ3n) is 5.39. The Kier molecular flexibility index (Phi) is 4.59. The van der Waals surface area contributed by atoms with E-state index in [4.69, 9.17) is 5.10 Å². The first-order valence-corrected chi connectivity index (χ1v) is 10.2. The van der Waals surface area contributed by atoms with E-state index < -0.39 is 11.2 Å². The number of nitrogens with zero attached hydrogens (tertiary/aromatic N) is 3. The third-order valence-corrected chi connectivity index (χ3v) is 5.39. The Bertz CT molecular complexity index is 1500. The van der Waals surface area contributed by atoms with Gasteiger partial charge in [-0.15, -0.1) is 0 Å². The lowest BCUT2D eigenvalue weighted by molar-refractivity contribution is 0.857. The molecule has 1 N–H and O–H groups in total. The van der Waals surface area contributed by atoms with E-state index in [0.717, 1.165) is 16.8 Å². The minimum atomic E-state index is -0.483. The van der Waals surface area contributed by atoms with Gasteiger partial charge in [-0.3, -0.25) is 4.79 Å². The first-order valence-electron chi connectivity index (χ1n) is 10.2. The van der Waals surface area contributed by atoms with Crippen molar-refractivity contribution in [1.82, 2.24) is 19.3 Å². The number of hydrogen-bond donors (Lipinski definition) is 1. The molecule has 2 heterocycles. The molecule has 5 rings (SSSR count). The molecule has 0 saturated heterocycles. The maximum Gasteiger partial charge on any atom is 0.333 e. The molecule has 0 aliphatic carbocycles. The highest BCUT2D eigenvalue weighted by Gasteiger charge is 2.21. The van der Waals surface area contributed by atoms with Crippen LogP contribution in [0.5, 0.6) is 0 Å². The second-order valence-electron chi connectivity index (χ2n) is 7.24. The normalized spacial score (nSPS) is 11.1. The van der Waals surface area contributed by atoms with Crippen LogP contribution in [0.25, 0.3) is 33.7 Å². The van der Waals surface area contributed by atoms with E-state index in [1.54, 1.807) is 10.7 Å².